The molecule has 2 aromatic heterocycles. The number of benzene rings is 2. The Bertz CT molecular complexity index is 1260. The van der Waals surface area contributed by atoms with Gasteiger partial charge in [-0.25, -0.2) is 14.4 Å². The van der Waals surface area contributed by atoms with Crippen LogP contribution in [0.1, 0.15) is 41.5 Å². The van der Waals surface area contributed by atoms with Crippen LogP contribution in [-0.4, -0.2) is 26.2 Å². The number of carbonyl (C=O) groups excluding carboxylic acids is 2. The summed E-state index contributed by atoms with van der Waals surface area (Å²) in [6.07, 6.45) is 3.23. The third kappa shape index (κ3) is 5.06. The van der Waals surface area contributed by atoms with Gasteiger partial charge in [0.05, 0.1) is 6.54 Å². The van der Waals surface area contributed by atoms with Gasteiger partial charge in [-0.3, -0.25) is 9.59 Å². The van der Waals surface area contributed by atoms with E-state index in [4.69, 9.17) is 4.98 Å². The van der Waals surface area contributed by atoms with Crippen molar-refractivity contribution in [2.24, 2.45) is 0 Å². The highest BCUT2D eigenvalue weighted by atomic mass is 19.1. The van der Waals surface area contributed by atoms with Crippen molar-refractivity contribution in [1.82, 2.24) is 14.5 Å². The minimum absolute atomic E-state index is 0.0465. The zero-order valence-corrected chi connectivity index (χ0v) is 17.7. The zero-order valence-electron chi connectivity index (χ0n) is 17.7. The molecule has 6 nitrogen and oxygen atoms in total. The Morgan fingerprint density at radius 2 is 1.88 bits per heavy atom. The van der Waals surface area contributed by atoms with E-state index in [0.29, 0.717) is 37.1 Å². The van der Waals surface area contributed by atoms with E-state index in [1.54, 1.807) is 42.6 Å². The van der Waals surface area contributed by atoms with E-state index in [0.717, 1.165) is 22.6 Å². The zero-order chi connectivity index (χ0) is 22.5. The quantitative estimate of drug-likeness (QED) is 0.408. The molecule has 0 unspecified atom stereocenters. The normalized spacial score (nSPS) is 10.9. The van der Waals surface area contributed by atoms with Crippen molar-refractivity contribution in [3.8, 4) is 0 Å². The molecule has 0 bridgehead atoms. The fourth-order valence-electron chi connectivity index (χ4n) is 3.58. The van der Waals surface area contributed by atoms with Crippen LogP contribution in [0.5, 0.6) is 0 Å². The van der Waals surface area contributed by atoms with Gasteiger partial charge in [-0.15, -0.1) is 0 Å². The van der Waals surface area contributed by atoms with Gasteiger partial charge in [-0.05, 0) is 55.3 Å². The molecule has 7 heteroatoms. The van der Waals surface area contributed by atoms with Crippen LogP contribution < -0.4 is 5.32 Å². The van der Waals surface area contributed by atoms with E-state index in [1.807, 2.05) is 16.7 Å². The van der Waals surface area contributed by atoms with Gasteiger partial charge in [0.2, 0.25) is 5.91 Å². The molecule has 0 aliphatic heterocycles. The predicted molar refractivity (Wildman–Crippen MR) is 121 cm³/mol. The lowest BCUT2D eigenvalue weighted by Gasteiger charge is -2.10. The average Bonchev–Trinajstić information content (AvgIpc) is 3.12. The van der Waals surface area contributed by atoms with E-state index in [1.165, 1.54) is 19.1 Å². The van der Waals surface area contributed by atoms with Crippen molar-refractivity contribution >= 4 is 28.5 Å². The number of Topliss-reactive ketones (excluding diaryl/α,β-unsaturated/α-hetero) is 1. The smallest absolute Gasteiger partial charge is 0.224 e. The lowest BCUT2D eigenvalue weighted by molar-refractivity contribution is -0.116. The number of aromatic nitrogens is 3. The summed E-state index contributed by atoms with van der Waals surface area (Å²) >= 11 is 0. The summed E-state index contributed by atoms with van der Waals surface area (Å²) in [6.45, 7) is 2.01. The first-order chi connectivity index (χ1) is 15.5. The number of anilines is 1. The van der Waals surface area contributed by atoms with Crippen LogP contribution in [0, 0.1) is 5.82 Å². The van der Waals surface area contributed by atoms with Gasteiger partial charge in [0.25, 0.3) is 0 Å². The number of amides is 1. The maximum Gasteiger partial charge on any atom is 0.224 e. The highest BCUT2D eigenvalue weighted by molar-refractivity contribution is 5.97. The van der Waals surface area contributed by atoms with E-state index in [-0.39, 0.29) is 17.5 Å². The number of carbonyl (C=O) groups is 2. The molecule has 0 aliphatic rings. The van der Waals surface area contributed by atoms with Gasteiger partial charge in [0.15, 0.2) is 11.4 Å². The van der Waals surface area contributed by atoms with Gasteiger partial charge in [-0.2, -0.15) is 0 Å². The molecule has 0 fully saturated rings. The van der Waals surface area contributed by atoms with Crippen molar-refractivity contribution < 1.29 is 14.0 Å². The molecule has 4 rings (SSSR count). The minimum Gasteiger partial charge on any atom is -0.326 e. The summed E-state index contributed by atoms with van der Waals surface area (Å²) in [5, 5.41) is 2.84. The second kappa shape index (κ2) is 9.51. The maximum atomic E-state index is 13.3. The van der Waals surface area contributed by atoms with Gasteiger partial charge in [-0.1, -0.05) is 24.3 Å². The van der Waals surface area contributed by atoms with Crippen molar-refractivity contribution in [2.45, 2.75) is 32.7 Å². The number of aryl methyl sites for hydroxylation is 1. The summed E-state index contributed by atoms with van der Waals surface area (Å²) in [5.41, 5.74) is 3.66. The van der Waals surface area contributed by atoms with E-state index in [9.17, 15) is 14.0 Å². The molecule has 2 heterocycles. The lowest BCUT2D eigenvalue weighted by Crippen LogP contribution is -2.13. The Labute approximate surface area is 185 Å². The van der Waals surface area contributed by atoms with Gasteiger partial charge < -0.3 is 9.88 Å². The third-order valence-electron chi connectivity index (χ3n) is 5.19. The SMILES string of the molecule is CC(=O)c1cccc(NC(=O)CCCc2nc3cccnc3n2Cc2ccc(F)cc2)c1. The number of hydrogen-bond acceptors (Lipinski definition) is 4. The van der Waals surface area contributed by atoms with Gasteiger partial charge in [0, 0.05) is 30.3 Å². The third-order valence-corrected chi connectivity index (χ3v) is 5.19. The maximum absolute atomic E-state index is 13.3. The largest absolute Gasteiger partial charge is 0.326 e. The van der Waals surface area contributed by atoms with Crippen molar-refractivity contribution in [2.75, 3.05) is 5.32 Å². The second-order valence-electron chi connectivity index (χ2n) is 7.63. The van der Waals surface area contributed by atoms with Crippen LogP contribution in [0.4, 0.5) is 10.1 Å². The average molecular weight is 430 g/mol. The standard InChI is InChI=1S/C25H23FN4O2/c1-17(31)19-5-2-6-21(15-19)28-24(32)9-3-8-23-29-22-7-4-14-27-25(22)30(23)16-18-10-12-20(26)13-11-18/h2,4-7,10-15H,3,8-9,16H2,1H3,(H,28,32). The lowest BCUT2D eigenvalue weighted by atomic mass is 10.1. The first-order valence-corrected chi connectivity index (χ1v) is 10.4. The summed E-state index contributed by atoms with van der Waals surface area (Å²) in [6, 6.07) is 17.0. The molecular formula is C25H23FN4O2. The monoisotopic (exact) mass is 430 g/mol. The minimum atomic E-state index is -0.276. The first-order valence-electron chi connectivity index (χ1n) is 10.4. The molecule has 162 valence electrons. The van der Waals surface area contributed by atoms with Crippen LogP contribution in [-0.2, 0) is 17.8 Å². The highest BCUT2D eigenvalue weighted by Gasteiger charge is 2.13. The van der Waals surface area contributed by atoms with Crippen LogP contribution in [0.25, 0.3) is 11.2 Å². The number of imidazole rings is 1. The highest BCUT2D eigenvalue weighted by Crippen LogP contribution is 2.18. The molecule has 0 saturated carbocycles. The molecular weight excluding hydrogens is 407 g/mol. The van der Waals surface area contributed by atoms with E-state index in [2.05, 4.69) is 10.3 Å². The number of pyridine rings is 1. The van der Waals surface area contributed by atoms with Crippen molar-refractivity contribution in [3.63, 3.8) is 0 Å². The van der Waals surface area contributed by atoms with Crippen molar-refractivity contribution in [3.05, 3.63) is 89.6 Å². The number of rotatable bonds is 8. The molecule has 0 spiro atoms. The molecule has 0 saturated heterocycles. The number of ketones is 1. The number of halogens is 1. The van der Waals surface area contributed by atoms with E-state index >= 15 is 0 Å². The van der Waals surface area contributed by atoms with Crippen LogP contribution in [0.2, 0.25) is 0 Å². The van der Waals surface area contributed by atoms with E-state index < -0.39 is 0 Å². The Kier molecular flexibility index (Phi) is 6.35. The number of nitrogens with one attached hydrogen (secondary N) is 1. The fourth-order valence-corrected chi connectivity index (χ4v) is 3.58. The molecule has 0 atom stereocenters. The molecule has 0 radical (unpaired) electrons. The second-order valence-corrected chi connectivity index (χ2v) is 7.63. The first kappa shape index (κ1) is 21.4. The van der Waals surface area contributed by atoms with Gasteiger partial charge >= 0.3 is 0 Å². The fraction of sp³-hybridized carbons (Fsp3) is 0.200. The summed E-state index contributed by atoms with van der Waals surface area (Å²) in [5.74, 6) is 0.386. The molecule has 0 aliphatic carbocycles. The topological polar surface area (TPSA) is 76.9 Å². The summed E-state index contributed by atoms with van der Waals surface area (Å²) < 4.78 is 15.3. The Balaban J connectivity index is 1.43. The number of hydrogen-bond donors (Lipinski definition) is 1. The molecule has 1 amide bonds. The number of fused-ring (bicyclic) bond motifs is 1. The number of nitrogens with zero attached hydrogens (tertiary/aromatic N) is 3. The van der Waals surface area contributed by atoms with Gasteiger partial charge in [0.1, 0.15) is 17.2 Å². The van der Waals surface area contributed by atoms with Crippen molar-refractivity contribution in [1.29, 1.82) is 0 Å². The summed E-state index contributed by atoms with van der Waals surface area (Å²) in [7, 11) is 0. The predicted octanol–water partition coefficient (Wildman–Crippen LogP) is 4.78. The van der Waals surface area contributed by atoms with Crippen LogP contribution in [0.3, 0.4) is 0 Å². The van der Waals surface area contributed by atoms with Crippen LogP contribution >= 0.6 is 0 Å². The molecule has 32 heavy (non-hydrogen) atoms. The Morgan fingerprint density at radius 3 is 2.66 bits per heavy atom. The Hall–Kier alpha value is -3.87. The molecule has 1 N–H and O–H groups in total. The molecule has 4 aromatic rings. The Morgan fingerprint density at radius 1 is 1.06 bits per heavy atom. The van der Waals surface area contributed by atoms with Crippen LogP contribution in [0.15, 0.2) is 66.9 Å². The molecule has 2 aromatic carbocycles. The summed E-state index contributed by atoms with van der Waals surface area (Å²) in [4.78, 5) is 33.1.